The van der Waals surface area contributed by atoms with E-state index in [1.165, 1.54) is 6.92 Å². The van der Waals surface area contributed by atoms with E-state index in [4.69, 9.17) is 0 Å². The predicted molar refractivity (Wildman–Crippen MR) is 80.8 cm³/mol. The van der Waals surface area contributed by atoms with E-state index in [1.807, 2.05) is 13.8 Å². The van der Waals surface area contributed by atoms with E-state index in [2.05, 4.69) is 10.1 Å². The van der Waals surface area contributed by atoms with Crippen LogP contribution in [-0.2, 0) is 19.1 Å². The van der Waals surface area contributed by atoms with E-state index in [9.17, 15) is 27.6 Å². The van der Waals surface area contributed by atoms with Crippen molar-refractivity contribution in [2.75, 3.05) is 7.11 Å². The van der Waals surface area contributed by atoms with Crippen LogP contribution in [-0.4, -0.2) is 43.2 Å². The van der Waals surface area contributed by atoms with Crippen LogP contribution in [0.3, 0.4) is 0 Å². The van der Waals surface area contributed by atoms with E-state index in [-0.39, 0.29) is 12.3 Å². The lowest BCUT2D eigenvalue weighted by Crippen LogP contribution is -2.56. The number of carbonyl (C=O) groups excluding carboxylic acids is 3. The summed E-state index contributed by atoms with van der Waals surface area (Å²) >= 11 is 0. The van der Waals surface area contributed by atoms with Gasteiger partial charge >= 0.3 is 18.1 Å². The first kappa shape index (κ1) is 22.2. The fourth-order valence-electron chi connectivity index (χ4n) is 2.01. The van der Waals surface area contributed by atoms with Crippen LogP contribution in [0, 0.1) is 11.8 Å². The average molecular weight is 354 g/mol. The van der Waals surface area contributed by atoms with Gasteiger partial charge in [-0.2, -0.15) is 13.2 Å². The minimum Gasteiger partial charge on any atom is -0.467 e. The fraction of sp³-hybridized carbons (Fsp3) is 0.800. The summed E-state index contributed by atoms with van der Waals surface area (Å²) in [5.74, 6) is -4.24. The molecular formula is C15H25F3N2O4. The van der Waals surface area contributed by atoms with Gasteiger partial charge in [-0.25, -0.2) is 4.79 Å². The zero-order valence-corrected chi connectivity index (χ0v) is 14.5. The molecule has 0 aromatic rings. The highest BCUT2D eigenvalue weighted by Gasteiger charge is 2.42. The predicted octanol–water partition coefficient (Wildman–Crippen LogP) is 1.78. The van der Waals surface area contributed by atoms with Gasteiger partial charge in [0.05, 0.1) is 7.11 Å². The quantitative estimate of drug-likeness (QED) is 0.651. The van der Waals surface area contributed by atoms with Crippen molar-refractivity contribution < 1.29 is 32.3 Å². The minimum absolute atomic E-state index is 0.0428. The Morgan fingerprint density at radius 1 is 1.08 bits per heavy atom. The van der Waals surface area contributed by atoms with Gasteiger partial charge in [0, 0.05) is 0 Å². The molecule has 0 aromatic carbocycles. The normalized spacial score (nSPS) is 15.4. The number of esters is 1. The Morgan fingerprint density at radius 2 is 1.62 bits per heavy atom. The molecule has 0 saturated carbocycles. The molecule has 3 atom stereocenters. The Balaban J connectivity index is 5.22. The zero-order valence-electron chi connectivity index (χ0n) is 14.5. The van der Waals surface area contributed by atoms with Crippen molar-refractivity contribution in [3.8, 4) is 0 Å². The van der Waals surface area contributed by atoms with Crippen LogP contribution in [0.25, 0.3) is 0 Å². The summed E-state index contributed by atoms with van der Waals surface area (Å²) in [6.45, 7) is 6.85. The van der Waals surface area contributed by atoms with Gasteiger partial charge in [0.1, 0.15) is 12.1 Å². The third-order valence-electron chi connectivity index (χ3n) is 3.55. The van der Waals surface area contributed by atoms with Gasteiger partial charge in [0.2, 0.25) is 5.91 Å². The van der Waals surface area contributed by atoms with Gasteiger partial charge in [0.25, 0.3) is 0 Å². The van der Waals surface area contributed by atoms with Crippen molar-refractivity contribution in [2.45, 2.75) is 58.8 Å². The maximum absolute atomic E-state index is 12.4. The third-order valence-corrected chi connectivity index (χ3v) is 3.55. The first-order valence-corrected chi connectivity index (χ1v) is 7.69. The lowest BCUT2D eigenvalue weighted by Gasteiger charge is -2.26. The van der Waals surface area contributed by atoms with Crippen LogP contribution in [0.5, 0.6) is 0 Å². The maximum Gasteiger partial charge on any atom is 0.471 e. The second-order valence-corrected chi connectivity index (χ2v) is 6.05. The molecule has 2 amide bonds. The highest BCUT2D eigenvalue weighted by molar-refractivity contribution is 5.92. The molecule has 1 unspecified atom stereocenters. The van der Waals surface area contributed by atoms with Crippen LogP contribution in [0.2, 0.25) is 0 Å². The number of nitrogens with one attached hydrogen (secondary N) is 2. The second kappa shape index (κ2) is 9.48. The smallest absolute Gasteiger partial charge is 0.467 e. The molecule has 0 bridgehead atoms. The summed E-state index contributed by atoms with van der Waals surface area (Å²) < 4.78 is 41.9. The largest absolute Gasteiger partial charge is 0.471 e. The second-order valence-electron chi connectivity index (χ2n) is 6.05. The van der Waals surface area contributed by atoms with Crippen LogP contribution < -0.4 is 10.6 Å². The SMILES string of the molecule is CCC(C)[C@H](NC(=O)C(F)(F)F)C(=O)N[C@@H](CC(C)C)C(=O)OC. The fourth-order valence-corrected chi connectivity index (χ4v) is 2.01. The molecular weight excluding hydrogens is 329 g/mol. The first-order valence-electron chi connectivity index (χ1n) is 7.69. The number of halogens is 3. The number of carbonyl (C=O) groups is 3. The van der Waals surface area contributed by atoms with Crippen LogP contribution in [0.4, 0.5) is 13.2 Å². The standard InChI is InChI=1S/C15H25F3N2O4/c1-6-9(4)11(20-14(23)15(16,17)18)12(21)19-10(7-8(2)3)13(22)24-5/h8-11H,6-7H2,1-5H3,(H,19,21)(H,20,23)/t9?,10-,11-/m0/s1. The lowest BCUT2D eigenvalue weighted by atomic mass is 9.97. The van der Waals surface area contributed by atoms with Gasteiger partial charge < -0.3 is 15.4 Å². The summed E-state index contributed by atoms with van der Waals surface area (Å²) in [5, 5.41) is 4.07. The van der Waals surface area contributed by atoms with Crippen molar-refractivity contribution in [1.82, 2.24) is 10.6 Å². The summed E-state index contributed by atoms with van der Waals surface area (Å²) in [5.41, 5.74) is 0. The van der Waals surface area contributed by atoms with E-state index in [1.54, 1.807) is 12.2 Å². The van der Waals surface area contributed by atoms with E-state index < -0.39 is 42.0 Å². The Labute approximate surface area is 139 Å². The van der Waals surface area contributed by atoms with Crippen LogP contribution in [0.15, 0.2) is 0 Å². The van der Waals surface area contributed by atoms with E-state index >= 15 is 0 Å². The molecule has 0 aliphatic heterocycles. The third kappa shape index (κ3) is 7.18. The van der Waals surface area contributed by atoms with Gasteiger partial charge in [-0.1, -0.05) is 34.1 Å². The van der Waals surface area contributed by atoms with E-state index in [0.29, 0.717) is 6.42 Å². The highest BCUT2D eigenvalue weighted by Crippen LogP contribution is 2.17. The number of ether oxygens (including phenoxy) is 1. The molecule has 0 heterocycles. The molecule has 0 aliphatic rings. The monoisotopic (exact) mass is 354 g/mol. The lowest BCUT2D eigenvalue weighted by molar-refractivity contribution is -0.175. The van der Waals surface area contributed by atoms with Crippen LogP contribution >= 0.6 is 0 Å². The van der Waals surface area contributed by atoms with Crippen molar-refractivity contribution in [3.05, 3.63) is 0 Å². The van der Waals surface area contributed by atoms with Gasteiger partial charge in [-0.15, -0.1) is 0 Å². The molecule has 0 fully saturated rings. The minimum atomic E-state index is -5.09. The Morgan fingerprint density at radius 3 is 2.00 bits per heavy atom. The Hall–Kier alpha value is -1.80. The van der Waals surface area contributed by atoms with Crippen molar-refractivity contribution >= 4 is 17.8 Å². The highest BCUT2D eigenvalue weighted by atomic mass is 19.4. The van der Waals surface area contributed by atoms with Gasteiger partial charge in [-0.3, -0.25) is 9.59 Å². The van der Waals surface area contributed by atoms with E-state index in [0.717, 1.165) is 7.11 Å². The first-order chi connectivity index (χ1) is 10.9. The summed E-state index contributed by atoms with van der Waals surface area (Å²) in [7, 11) is 1.15. The molecule has 24 heavy (non-hydrogen) atoms. The number of methoxy groups -OCH3 is 1. The number of amides is 2. The van der Waals surface area contributed by atoms with Crippen LogP contribution in [0.1, 0.15) is 40.5 Å². The molecule has 0 aliphatic carbocycles. The summed E-state index contributed by atoms with van der Waals surface area (Å²) in [6, 6.07) is -2.39. The summed E-state index contributed by atoms with van der Waals surface area (Å²) in [6.07, 6.45) is -4.46. The molecule has 0 aromatic heterocycles. The number of hydrogen-bond donors (Lipinski definition) is 2. The van der Waals surface area contributed by atoms with Gasteiger partial charge in [-0.05, 0) is 18.3 Å². The van der Waals surface area contributed by atoms with Crippen molar-refractivity contribution in [2.24, 2.45) is 11.8 Å². The Bertz CT molecular complexity index is 452. The molecule has 6 nitrogen and oxygen atoms in total. The molecule has 2 N–H and O–H groups in total. The van der Waals surface area contributed by atoms with Crippen molar-refractivity contribution in [1.29, 1.82) is 0 Å². The number of alkyl halides is 3. The average Bonchev–Trinajstić information content (AvgIpc) is 2.48. The summed E-state index contributed by atoms with van der Waals surface area (Å²) in [4.78, 5) is 35.2. The number of hydrogen-bond acceptors (Lipinski definition) is 4. The maximum atomic E-state index is 12.4. The Kier molecular flexibility index (Phi) is 8.77. The molecule has 140 valence electrons. The topological polar surface area (TPSA) is 84.5 Å². The van der Waals surface area contributed by atoms with Crippen molar-refractivity contribution in [3.63, 3.8) is 0 Å². The molecule has 0 rings (SSSR count). The molecule has 9 heteroatoms. The molecule has 0 radical (unpaired) electrons. The molecule has 0 saturated heterocycles. The van der Waals surface area contributed by atoms with Gasteiger partial charge in [0.15, 0.2) is 0 Å². The number of rotatable bonds is 8. The zero-order chi connectivity index (χ0) is 19.1. The molecule has 0 spiro atoms.